The Morgan fingerprint density at radius 1 is 1.33 bits per heavy atom. The van der Waals surface area contributed by atoms with Gasteiger partial charge in [-0.3, -0.25) is 15.0 Å². The molecule has 1 heterocycles. The van der Waals surface area contributed by atoms with Crippen molar-refractivity contribution in [1.82, 2.24) is 4.90 Å². The van der Waals surface area contributed by atoms with Crippen LogP contribution in [0.5, 0.6) is 0 Å². The van der Waals surface area contributed by atoms with Crippen molar-refractivity contribution in [3.8, 4) is 0 Å². The maximum absolute atomic E-state index is 10.6. The molecule has 1 atom stereocenters. The molecule has 0 amide bonds. The van der Waals surface area contributed by atoms with E-state index < -0.39 is 0 Å². The monoisotopic (exact) mass is 249 g/mol. The van der Waals surface area contributed by atoms with Crippen LogP contribution in [0, 0.1) is 10.1 Å². The third kappa shape index (κ3) is 2.86. The fourth-order valence-electron chi connectivity index (χ4n) is 2.39. The van der Waals surface area contributed by atoms with Gasteiger partial charge < -0.3 is 5.73 Å². The Hall–Kier alpha value is -1.46. The summed E-state index contributed by atoms with van der Waals surface area (Å²) >= 11 is 0. The van der Waals surface area contributed by atoms with E-state index in [2.05, 4.69) is 11.8 Å². The first-order chi connectivity index (χ1) is 8.58. The molecule has 2 rings (SSSR count). The van der Waals surface area contributed by atoms with Gasteiger partial charge in [-0.2, -0.15) is 0 Å². The number of hydrogen-bond acceptors (Lipinski definition) is 4. The number of piperidine rings is 1. The highest BCUT2D eigenvalue weighted by atomic mass is 16.6. The summed E-state index contributed by atoms with van der Waals surface area (Å²) in [6.45, 7) is 4.14. The molecule has 0 saturated carbocycles. The van der Waals surface area contributed by atoms with E-state index in [1.165, 1.54) is 0 Å². The van der Waals surface area contributed by atoms with Gasteiger partial charge in [-0.1, -0.05) is 12.1 Å². The summed E-state index contributed by atoms with van der Waals surface area (Å²) in [5.41, 5.74) is 7.15. The van der Waals surface area contributed by atoms with Gasteiger partial charge in [0, 0.05) is 37.3 Å². The zero-order valence-corrected chi connectivity index (χ0v) is 10.6. The van der Waals surface area contributed by atoms with Crippen LogP contribution in [0.25, 0.3) is 0 Å². The first kappa shape index (κ1) is 13.0. The SMILES string of the molecule is CC(c1ccc([N+](=O)[O-])cc1)N1CCC(N)CC1. The van der Waals surface area contributed by atoms with E-state index >= 15 is 0 Å². The van der Waals surface area contributed by atoms with Crippen molar-refractivity contribution < 1.29 is 4.92 Å². The van der Waals surface area contributed by atoms with Gasteiger partial charge >= 0.3 is 0 Å². The van der Waals surface area contributed by atoms with Crippen LogP contribution < -0.4 is 5.73 Å². The van der Waals surface area contributed by atoms with Gasteiger partial charge in [0.2, 0.25) is 0 Å². The summed E-state index contributed by atoms with van der Waals surface area (Å²) in [5.74, 6) is 0. The molecule has 98 valence electrons. The van der Waals surface area contributed by atoms with Crippen molar-refractivity contribution in [2.75, 3.05) is 13.1 Å². The van der Waals surface area contributed by atoms with Crippen LogP contribution in [-0.4, -0.2) is 29.0 Å². The third-order valence-corrected chi connectivity index (χ3v) is 3.71. The molecule has 1 aliphatic heterocycles. The van der Waals surface area contributed by atoms with Gasteiger partial charge in [-0.25, -0.2) is 0 Å². The van der Waals surface area contributed by atoms with Crippen molar-refractivity contribution in [2.24, 2.45) is 5.73 Å². The molecule has 18 heavy (non-hydrogen) atoms. The van der Waals surface area contributed by atoms with E-state index in [1.807, 2.05) is 12.1 Å². The summed E-state index contributed by atoms with van der Waals surface area (Å²) in [4.78, 5) is 12.6. The quantitative estimate of drug-likeness (QED) is 0.657. The Bertz CT molecular complexity index is 411. The van der Waals surface area contributed by atoms with Crippen LogP contribution in [0.1, 0.15) is 31.4 Å². The Morgan fingerprint density at radius 3 is 2.39 bits per heavy atom. The molecule has 0 bridgehead atoms. The number of nitro groups is 1. The molecule has 1 aliphatic rings. The average molecular weight is 249 g/mol. The topological polar surface area (TPSA) is 72.4 Å². The Balaban J connectivity index is 2.04. The minimum atomic E-state index is -0.367. The molecule has 5 nitrogen and oxygen atoms in total. The molecular formula is C13H19N3O2. The largest absolute Gasteiger partial charge is 0.328 e. The molecule has 1 unspecified atom stereocenters. The standard InChI is InChI=1S/C13H19N3O2/c1-10(15-8-6-12(14)7-9-15)11-2-4-13(5-3-11)16(17)18/h2-5,10,12H,6-9,14H2,1H3. The second-order valence-electron chi connectivity index (χ2n) is 4.90. The second-order valence-corrected chi connectivity index (χ2v) is 4.90. The predicted molar refractivity (Wildman–Crippen MR) is 70.3 cm³/mol. The maximum atomic E-state index is 10.6. The highest BCUT2D eigenvalue weighted by molar-refractivity contribution is 5.34. The summed E-state index contributed by atoms with van der Waals surface area (Å²) < 4.78 is 0. The van der Waals surface area contributed by atoms with Crippen molar-refractivity contribution in [1.29, 1.82) is 0 Å². The number of nitrogens with zero attached hydrogens (tertiary/aromatic N) is 2. The number of non-ortho nitro benzene ring substituents is 1. The molecule has 1 aromatic carbocycles. The lowest BCUT2D eigenvalue weighted by Crippen LogP contribution is -2.40. The first-order valence-electron chi connectivity index (χ1n) is 6.32. The molecule has 0 aliphatic carbocycles. The van der Waals surface area contributed by atoms with E-state index in [1.54, 1.807) is 12.1 Å². The third-order valence-electron chi connectivity index (χ3n) is 3.71. The highest BCUT2D eigenvalue weighted by Crippen LogP contribution is 2.25. The Labute approximate surface area is 107 Å². The second kappa shape index (κ2) is 5.46. The maximum Gasteiger partial charge on any atom is 0.269 e. The van der Waals surface area contributed by atoms with Crippen LogP contribution in [0.2, 0.25) is 0 Å². The minimum absolute atomic E-state index is 0.145. The molecule has 0 spiro atoms. The molecule has 5 heteroatoms. The molecule has 0 radical (unpaired) electrons. The fraction of sp³-hybridized carbons (Fsp3) is 0.538. The lowest BCUT2D eigenvalue weighted by molar-refractivity contribution is -0.384. The fourth-order valence-corrected chi connectivity index (χ4v) is 2.39. The minimum Gasteiger partial charge on any atom is -0.328 e. The molecule has 1 fully saturated rings. The summed E-state index contributed by atoms with van der Waals surface area (Å²) in [7, 11) is 0. The average Bonchev–Trinajstić information content (AvgIpc) is 2.39. The Kier molecular flexibility index (Phi) is 3.93. The van der Waals surface area contributed by atoms with Gasteiger partial charge in [0.05, 0.1) is 4.92 Å². The van der Waals surface area contributed by atoms with E-state index in [0.29, 0.717) is 12.1 Å². The van der Waals surface area contributed by atoms with E-state index in [0.717, 1.165) is 31.5 Å². The van der Waals surface area contributed by atoms with Gasteiger partial charge in [0.25, 0.3) is 5.69 Å². The lowest BCUT2D eigenvalue weighted by Gasteiger charge is -2.35. The lowest BCUT2D eigenvalue weighted by atomic mass is 10.0. The van der Waals surface area contributed by atoms with Crippen LogP contribution in [0.15, 0.2) is 24.3 Å². The molecule has 1 saturated heterocycles. The van der Waals surface area contributed by atoms with Crippen molar-refractivity contribution >= 4 is 5.69 Å². The molecular weight excluding hydrogens is 230 g/mol. The number of nitro benzene ring substituents is 1. The van der Waals surface area contributed by atoms with Gasteiger partial charge in [-0.05, 0) is 25.3 Å². The number of rotatable bonds is 3. The van der Waals surface area contributed by atoms with Crippen LogP contribution >= 0.6 is 0 Å². The Morgan fingerprint density at radius 2 is 1.89 bits per heavy atom. The van der Waals surface area contributed by atoms with E-state index in [-0.39, 0.29) is 10.6 Å². The van der Waals surface area contributed by atoms with E-state index in [4.69, 9.17) is 5.73 Å². The number of likely N-dealkylation sites (tertiary alicyclic amines) is 1. The zero-order chi connectivity index (χ0) is 13.1. The van der Waals surface area contributed by atoms with Crippen LogP contribution in [0.4, 0.5) is 5.69 Å². The number of nitrogens with two attached hydrogens (primary N) is 1. The summed E-state index contributed by atoms with van der Waals surface area (Å²) in [6, 6.07) is 7.45. The van der Waals surface area contributed by atoms with Crippen LogP contribution in [-0.2, 0) is 0 Å². The number of benzene rings is 1. The summed E-state index contributed by atoms with van der Waals surface area (Å²) in [6.07, 6.45) is 2.05. The van der Waals surface area contributed by atoms with Crippen molar-refractivity contribution in [2.45, 2.75) is 31.8 Å². The summed E-state index contributed by atoms with van der Waals surface area (Å²) in [5, 5.41) is 10.6. The van der Waals surface area contributed by atoms with Crippen molar-refractivity contribution in [3.05, 3.63) is 39.9 Å². The first-order valence-corrected chi connectivity index (χ1v) is 6.32. The normalized spacial score (nSPS) is 19.7. The van der Waals surface area contributed by atoms with Crippen LogP contribution in [0.3, 0.4) is 0 Å². The van der Waals surface area contributed by atoms with Gasteiger partial charge in [0.15, 0.2) is 0 Å². The van der Waals surface area contributed by atoms with Crippen molar-refractivity contribution in [3.63, 3.8) is 0 Å². The smallest absolute Gasteiger partial charge is 0.269 e. The predicted octanol–water partition coefficient (Wildman–Crippen LogP) is 2.08. The number of hydrogen-bond donors (Lipinski definition) is 1. The molecule has 1 aromatic rings. The molecule has 2 N–H and O–H groups in total. The molecule has 0 aromatic heterocycles. The highest BCUT2D eigenvalue weighted by Gasteiger charge is 2.21. The zero-order valence-electron chi connectivity index (χ0n) is 10.6. The van der Waals surface area contributed by atoms with Gasteiger partial charge in [-0.15, -0.1) is 0 Å². The van der Waals surface area contributed by atoms with E-state index in [9.17, 15) is 10.1 Å². The van der Waals surface area contributed by atoms with Gasteiger partial charge in [0.1, 0.15) is 0 Å².